The zero-order valence-electron chi connectivity index (χ0n) is 6.79. The second-order valence-electron chi connectivity index (χ2n) is 2.75. The monoisotopic (exact) mass is 279 g/mol. The van der Waals surface area contributed by atoms with Crippen LogP contribution in [-0.4, -0.2) is 0 Å². The molecule has 0 bridgehead atoms. The number of rotatable bonds is 0. The zero-order valence-corrected chi connectivity index (χ0v) is 8.95. The van der Waals surface area contributed by atoms with E-state index in [0.717, 1.165) is 16.3 Å². The molecule has 2 aromatic rings. The van der Waals surface area contributed by atoms with Crippen LogP contribution in [0.1, 0.15) is 5.56 Å². The summed E-state index contributed by atoms with van der Waals surface area (Å²) in [7, 11) is 0. The molecular weight excluding hydrogens is 273 g/mol. The molecule has 1 nitrogen and oxygen atoms in total. The van der Waals surface area contributed by atoms with E-state index in [-0.39, 0.29) is 0 Å². The normalized spacial score (nSPS) is 9.85. The average Bonchev–Trinajstić information content (AvgIpc) is 2.18. The molecule has 0 unspecified atom stereocenters. The Morgan fingerprint density at radius 3 is 2.46 bits per heavy atom. The van der Waals surface area contributed by atoms with Gasteiger partial charge in [0.25, 0.3) is 0 Å². The second-order valence-corrected chi connectivity index (χ2v) is 3.91. The molecule has 0 aliphatic carbocycles. The standard InChI is InChI=1S/C11H6IN/c12-11-6-2-4-9-8(7-13)3-1-5-10(9)11/h1-6H. The van der Waals surface area contributed by atoms with Crippen molar-refractivity contribution in [1.82, 2.24) is 0 Å². The van der Waals surface area contributed by atoms with E-state index >= 15 is 0 Å². The minimum absolute atomic E-state index is 0.746. The maximum absolute atomic E-state index is 8.87. The van der Waals surface area contributed by atoms with Crippen molar-refractivity contribution in [3.8, 4) is 6.07 Å². The highest BCUT2D eigenvalue weighted by molar-refractivity contribution is 14.1. The Kier molecular flexibility index (Phi) is 2.19. The van der Waals surface area contributed by atoms with E-state index in [2.05, 4.69) is 28.7 Å². The molecule has 0 spiro atoms. The van der Waals surface area contributed by atoms with Gasteiger partial charge in [-0.05, 0) is 40.1 Å². The van der Waals surface area contributed by atoms with Crippen molar-refractivity contribution in [2.24, 2.45) is 0 Å². The number of fused-ring (bicyclic) bond motifs is 1. The highest BCUT2D eigenvalue weighted by Gasteiger charge is 2.00. The maximum atomic E-state index is 8.87. The van der Waals surface area contributed by atoms with Crippen LogP contribution < -0.4 is 0 Å². The van der Waals surface area contributed by atoms with Gasteiger partial charge in [-0.2, -0.15) is 5.26 Å². The average molecular weight is 279 g/mol. The Morgan fingerprint density at radius 1 is 1.00 bits per heavy atom. The molecule has 0 fully saturated rings. The van der Waals surface area contributed by atoms with Crippen LogP contribution in [0.2, 0.25) is 0 Å². The van der Waals surface area contributed by atoms with Gasteiger partial charge in [0.2, 0.25) is 0 Å². The Hall–Kier alpha value is -1.08. The molecule has 62 valence electrons. The minimum Gasteiger partial charge on any atom is -0.192 e. The van der Waals surface area contributed by atoms with Gasteiger partial charge in [0.15, 0.2) is 0 Å². The van der Waals surface area contributed by atoms with Crippen molar-refractivity contribution >= 4 is 33.4 Å². The molecule has 0 aromatic heterocycles. The van der Waals surface area contributed by atoms with Gasteiger partial charge in [-0.3, -0.25) is 0 Å². The summed E-state index contributed by atoms with van der Waals surface area (Å²) in [6.45, 7) is 0. The number of nitriles is 1. The van der Waals surface area contributed by atoms with Crippen LogP contribution in [0.5, 0.6) is 0 Å². The van der Waals surface area contributed by atoms with E-state index in [1.165, 1.54) is 3.57 Å². The molecule has 2 aromatic carbocycles. The van der Waals surface area contributed by atoms with Crippen molar-refractivity contribution in [3.05, 3.63) is 45.5 Å². The van der Waals surface area contributed by atoms with Gasteiger partial charge < -0.3 is 0 Å². The predicted octanol–water partition coefficient (Wildman–Crippen LogP) is 3.32. The Bertz CT molecular complexity index is 497. The predicted molar refractivity (Wildman–Crippen MR) is 61.4 cm³/mol. The third kappa shape index (κ3) is 1.40. The number of nitrogens with zero attached hydrogens (tertiary/aromatic N) is 1. The summed E-state index contributed by atoms with van der Waals surface area (Å²) in [6, 6.07) is 14.0. The lowest BCUT2D eigenvalue weighted by molar-refractivity contribution is 1.50. The lowest BCUT2D eigenvalue weighted by atomic mass is 10.1. The van der Waals surface area contributed by atoms with E-state index in [4.69, 9.17) is 5.26 Å². The quantitative estimate of drug-likeness (QED) is 0.679. The molecule has 13 heavy (non-hydrogen) atoms. The number of hydrogen-bond donors (Lipinski definition) is 0. The van der Waals surface area contributed by atoms with Crippen molar-refractivity contribution in [2.45, 2.75) is 0 Å². The largest absolute Gasteiger partial charge is 0.192 e. The molecule has 0 heterocycles. The zero-order chi connectivity index (χ0) is 9.26. The first kappa shape index (κ1) is 8.52. The minimum atomic E-state index is 0.746. The number of hydrogen-bond acceptors (Lipinski definition) is 1. The Balaban J connectivity index is 2.94. The van der Waals surface area contributed by atoms with Gasteiger partial charge in [-0.15, -0.1) is 0 Å². The van der Waals surface area contributed by atoms with Crippen LogP contribution in [0.15, 0.2) is 36.4 Å². The molecule has 2 heteroatoms. The van der Waals surface area contributed by atoms with Crippen molar-refractivity contribution in [1.29, 1.82) is 5.26 Å². The third-order valence-corrected chi connectivity index (χ3v) is 2.93. The van der Waals surface area contributed by atoms with Crippen molar-refractivity contribution < 1.29 is 0 Å². The van der Waals surface area contributed by atoms with Crippen molar-refractivity contribution in [2.75, 3.05) is 0 Å². The van der Waals surface area contributed by atoms with E-state index in [1.807, 2.05) is 36.4 Å². The summed E-state index contributed by atoms with van der Waals surface area (Å²) in [4.78, 5) is 0. The molecule has 0 amide bonds. The molecule has 0 N–H and O–H groups in total. The molecular formula is C11H6IN. The summed E-state index contributed by atoms with van der Waals surface area (Å²) in [5.74, 6) is 0. The van der Waals surface area contributed by atoms with E-state index in [0.29, 0.717) is 0 Å². The summed E-state index contributed by atoms with van der Waals surface area (Å²) < 4.78 is 1.19. The molecule has 2 rings (SSSR count). The van der Waals surface area contributed by atoms with Crippen LogP contribution in [-0.2, 0) is 0 Å². The fourth-order valence-electron chi connectivity index (χ4n) is 1.37. The fraction of sp³-hybridized carbons (Fsp3) is 0. The van der Waals surface area contributed by atoms with E-state index in [9.17, 15) is 0 Å². The third-order valence-electron chi connectivity index (χ3n) is 1.99. The maximum Gasteiger partial charge on any atom is 0.0998 e. The SMILES string of the molecule is N#Cc1cccc2c(I)cccc12. The van der Waals surface area contributed by atoms with Crippen LogP contribution in [0.3, 0.4) is 0 Å². The van der Waals surface area contributed by atoms with Gasteiger partial charge in [0.1, 0.15) is 0 Å². The second kappa shape index (κ2) is 3.35. The first-order valence-electron chi connectivity index (χ1n) is 3.90. The van der Waals surface area contributed by atoms with Gasteiger partial charge >= 0.3 is 0 Å². The van der Waals surface area contributed by atoms with Crippen LogP contribution >= 0.6 is 22.6 Å². The van der Waals surface area contributed by atoms with Gasteiger partial charge in [-0.25, -0.2) is 0 Å². The molecule has 0 atom stereocenters. The molecule has 0 saturated carbocycles. The van der Waals surface area contributed by atoms with Crippen molar-refractivity contribution in [3.63, 3.8) is 0 Å². The summed E-state index contributed by atoms with van der Waals surface area (Å²) in [5, 5.41) is 11.1. The van der Waals surface area contributed by atoms with E-state index < -0.39 is 0 Å². The molecule has 0 aliphatic heterocycles. The van der Waals surface area contributed by atoms with E-state index in [1.54, 1.807) is 0 Å². The van der Waals surface area contributed by atoms with Gasteiger partial charge in [-0.1, -0.05) is 24.3 Å². The Morgan fingerprint density at radius 2 is 1.69 bits per heavy atom. The topological polar surface area (TPSA) is 23.8 Å². The summed E-state index contributed by atoms with van der Waals surface area (Å²) >= 11 is 2.28. The van der Waals surface area contributed by atoms with Crippen LogP contribution in [0, 0.1) is 14.9 Å². The lowest BCUT2D eigenvalue weighted by Gasteiger charge is -2.00. The first-order chi connectivity index (χ1) is 6.33. The Labute approximate surface area is 90.1 Å². The summed E-state index contributed by atoms with van der Waals surface area (Å²) in [5.41, 5.74) is 0.746. The number of benzene rings is 2. The van der Waals surface area contributed by atoms with Crippen LogP contribution in [0.4, 0.5) is 0 Å². The lowest BCUT2D eigenvalue weighted by Crippen LogP contribution is -1.81. The smallest absolute Gasteiger partial charge is 0.0998 e. The highest BCUT2D eigenvalue weighted by atomic mass is 127. The number of halogens is 1. The summed E-state index contributed by atoms with van der Waals surface area (Å²) in [6.07, 6.45) is 0. The molecule has 0 radical (unpaired) electrons. The first-order valence-corrected chi connectivity index (χ1v) is 4.98. The highest BCUT2D eigenvalue weighted by Crippen LogP contribution is 2.22. The van der Waals surface area contributed by atoms with Crippen LogP contribution in [0.25, 0.3) is 10.8 Å². The van der Waals surface area contributed by atoms with Gasteiger partial charge in [0.05, 0.1) is 11.6 Å². The molecule has 0 saturated heterocycles. The van der Waals surface area contributed by atoms with Gasteiger partial charge in [0, 0.05) is 8.96 Å². The molecule has 0 aliphatic rings. The fourth-order valence-corrected chi connectivity index (χ4v) is 2.05.